The second-order valence-electron chi connectivity index (χ2n) is 4.47. The zero-order chi connectivity index (χ0) is 12.0. The van der Waals surface area contributed by atoms with Gasteiger partial charge in [0.1, 0.15) is 10.0 Å². The number of rotatable bonds is 2. The average Bonchev–Trinajstić information content (AvgIpc) is 2.82. The predicted molar refractivity (Wildman–Crippen MR) is 71.2 cm³/mol. The van der Waals surface area contributed by atoms with Crippen LogP contribution < -0.4 is 0 Å². The van der Waals surface area contributed by atoms with Gasteiger partial charge in [-0.05, 0) is 12.8 Å². The summed E-state index contributed by atoms with van der Waals surface area (Å²) >= 11 is 1.83. The Morgan fingerprint density at radius 3 is 2.19 bits per heavy atom. The van der Waals surface area contributed by atoms with Gasteiger partial charge in [0.25, 0.3) is 0 Å². The molecule has 2 nitrogen and oxygen atoms in total. The van der Waals surface area contributed by atoms with E-state index in [9.17, 15) is 0 Å². The summed E-state index contributed by atoms with van der Waals surface area (Å²) in [5.74, 6) is 1.25. The molecular weight excluding hydrogens is 216 g/mol. The second-order valence-corrected chi connectivity index (χ2v) is 5.51. The van der Waals surface area contributed by atoms with Gasteiger partial charge >= 0.3 is 0 Å². The van der Waals surface area contributed by atoms with Crippen molar-refractivity contribution in [3.05, 3.63) is 10.0 Å². The summed E-state index contributed by atoms with van der Waals surface area (Å²) in [7, 11) is 0. The first-order valence-corrected chi connectivity index (χ1v) is 7.42. The third-order valence-electron chi connectivity index (χ3n) is 2.90. The largest absolute Gasteiger partial charge is 0.143 e. The van der Waals surface area contributed by atoms with Crippen molar-refractivity contribution in [2.24, 2.45) is 0 Å². The van der Waals surface area contributed by atoms with Crippen molar-refractivity contribution >= 4 is 11.3 Å². The van der Waals surface area contributed by atoms with Gasteiger partial charge in [-0.15, -0.1) is 21.5 Å². The third kappa shape index (κ3) is 3.55. The molecule has 2 rings (SSSR count). The lowest BCUT2D eigenvalue weighted by atomic mass is 9.90. The number of hydrogen-bond acceptors (Lipinski definition) is 3. The van der Waals surface area contributed by atoms with Crippen molar-refractivity contribution < 1.29 is 0 Å². The summed E-state index contributed by atoms with van der Waals surface area (Å²) in [5.41, 5.74) is 0. The lowest BCUT2D eigenvalue weighted by Gasteiger charge is -2.18. The van der Waals surface area contributed by atoms with E-state index >= 15 is 0 Å². The number of hydrogen-bond donors (Lipinski definition) is 0. The highest BCUT2D eigenvalue weighted by atomic mass is 32.1. The molecule has 1 fully saturated rings. The van der Waals surface area contributed by atoms with Crippen LogP contribution in [0.4, 0.5) is 0 Å². The van der Waals surface area contributed by atoms with Crippen LogP contribution in [0.25, 0.3) is 0 Å². The maximum absolute atomic E-state index is 4.33. The van der Waals surface area contributed by atoms with E-state index in [1.807, 2.05) is 25.2 Å². The van der Waals surface area contributed by atoms with E-state index < -0.39 is 0 Å². The molecule has 1 saturated carbocycles. The lowest BCUT2D eigenvalue weighted by Crippen LogP contribution is -2.03. The van der Waals surface area contributed by atoms with E-state index in [4.69, 9.17) is 0 Å². The molecule has 0 atom stereocenters. The molecule has 0 unspecified atom stereocenters. The molecule has 1 heterocycles. The van der Waals surface area contributed by atoms with Crippen LogP contribution in [0.3, 0.4) is 0 Å². The van der Waals surface area contributed by atoms with Crippen molar-refractivity contribution in [1.82, 2.24) is 10.2 Å². The summed E-state index contributed by atoms with van der Waals surface area (Å²) in [6, 6.07) is 0. The Balaban J connectivity index is 0.000000606. The van der Waals surface area contributed by atoms with Crippen molar-refractivity contribution in [3.63, 3.8) is 0 Å². The minimum Gasteiger partial charge on any atom is -0.143 e. The predicted octanol–water partition coefficient (Wildman–Crippen LogP) is 4.74. The molecule has 1 aromatic heterocycles. The highest BCUT2D eigenvalue weighted by Gasteiger charge is 2.20. The fourth-order valence-corrected chi connectivity index (χ4v) is 3.01. The first-order valence-electron chi connectivity index (χ1n) is 6.60. The van der Waals surface area contributed by atoms with Gasteiger partial charge in [-0.1, -0.05) is 47.0 Å². The smallest absolute Gasteiger partial charge is 0.120 e. The van der Waals surface area contributed by atoms with Crippen LogP contribution in [0.15, 0.2) is 0 Å². The number of aromatic nitrogens is 2. The minimum atomic E-state index is 0.532. The zero-order valence-corrected chi connectivity index (χ0v) is 11.8. The SMILES string of the molecule is CC.CC(C)c1nnc(C2CCCCC2)s1. The van der Waals surface area contributed by atoms with Gasteiger partial charge in [-0.2, -0.15) is 0 Å². The number of nitrogens with zero attached hydrogens (tertiary/aromatic N) is 2. The van der Waals surface area contributed by atoms with Gasteiger partial charge < -0.3 is 0 Å². The average molecular weight is 240 g/mol. The van der Waals surface area contributed by atoms with Gasteiger partial charge in [0.15, 0.2) is 0 Å². The van der Waals surface area contributed by atoms with E-state index in [-0.39, 0.29) is 0 Å². The van der Waals surface area contributed by atoms with Gasteiger partial charge in [0, 0.05) is 11.8 Å². The van der Waals surface area contributed by atoms with Crippen LogP contribution in [0.2, 0.25) is 0 Å². The van der Waals surface area contributed by atoms with Crippen LogP contribution in [-0.2, 0) is 0 Å². The molecule has 0 amide bonds. The fourth-order valence-electron chi connectivity index (χ4n) is 1.99. The molecule has 0 N–H and O–H groups in total. The first kappa shape index (κ1) is 13.6. The summed E-state index contributed by atoms with van der Waals surface area (Å²) in [4.78, 5) is 0. The van der Waals surface area contributed by atoms with E-state index in [1.165, 1.54) is 42.1 Å². The van der Waals surface area contributed by atoms with Gasteiger partial charge in [0.05, 0.1) is 0 Å². The molecule has 92 valence electrons. The summed E-state index contributed by atoms with van der Waals surface area (Å²) in [6.07, 6.45) is 6.81. The highest BCUT2D eigenvalue weighted by molar-refractivity contribution is 7.11. The molecule has 0 aliphatic heterocycles. The quantitative estimate of drug-likeness (QED) is 0.746. The standard InChI is InChI=1S/C11H18N2S.C2H6/c1-8(2)10-12-13-11(14-10)9-6-4-3-5-7-9;1-2/h8-9H,3-7H2,1-2H3;1-2H3. The molecule has 1 aliphatic rings. The molecule has 1 aromatic rings. The topological polar surface area (TPSA) is 25.8 Å². The maximum atomic E-state index is 4.33. The Hall–Kier alpha value is -0.440. The molecule has 0 aromatic carbocycles. The van der Waals surface area contributed by atoms with Crippen LogP contribution >= 0.6 is 11.3 Å². The summed E-state index contributed by atoms with van der Waals surface area (Å²) in [5, 5.41) is 11.1. The second kappa shape index (κ2) is 7.00. The van der Waals surface area contributed by atoms with Crippen molar-refractivity contribution in [1.29, 1.82) is 0 Å². The molecule has 0 bridgehead atoms. The maximum Gasteiger partial charge on any atom is 0.120 e. The van der Waals surface area contributed by atoms with Crippen LogP contribution in [0.5, 0.6) is 0 Å². The van der Waals surface area contributed by atoms with Crippen LogP contribution in [0.1, 0.15) is 81.7 Å². The Morgan fingerprint density at radius 1 is 1.06 bits per heavy atom. The van der Waals surface area contributed by atoms with E-state index in [1.54, 1.807) is 0 Å². The van der Waals surface area contributed by atoms with E-state index in [0.717, 1.165) is 0 Å². The summed E-state index contributed by atoms with van der Waals surface area (Å²) in [6.45, 7) is 8.37. The first-order chi connectivity index (χ1) is 7.77. The van der Waals surface area contributed by atoms with Gasteiger partial charge in [-0.3, -0.25) is 0 Å². The monoisotopic (exact) mass is 240 g/mol. The molecule has 0 spiro atoms. The van der Waals surface area contributed by atoms with Crippen molar-refractivity contribution in [2.75, 3.05) is 0 Å². The lowest BCUT2D eigenvalue weighted by molar-refractivity contribution is 0.440. The van der Waals surface area contributed by atoms with Gasteiger partial charge in [-0.25, -0.2) is 0 Å². The van der Waals surface area contributed by atoms with Crippen molar-refractivity contribution in [3.8, 4) is 0 Å². The molecule has 3 heteroatoms. The molecule has 0 radical (unpaired) electrons. The molecule has 1 aliphatic carbocycles. The Labute approximate surface area is 103 Å². The molecular formula is C13H24N2S. The Morgan fingerprint density at radius 2 is 1.69 bits per heavy atom. The Bertz CT molecular complexity index is 288. The van der Waals surface area contributed by atoms with E-state index in [0.29, 0.717) is 11.8 Å². The molecule has 0 saturated heterocycles. The third-order valence-corrected chi connectivity index (χ3v) is 4.29. The summed E-state index contributed by atoms with van der Waals surface area (Å²) < 4.78 is 0. The molecule has 16 heavy (non-hydrogen) atoms. The minimum absolute atomic E-state index is 0.532. The van der Waals surface area contributed by atoms with Crippen LogP contribution in [-0.4, -0.2) is 10.2 Å². The van der Waals surface area contributed by atoms with Crippen molar-refractivity contribution in [2.45, 2.75) is 71.6 Å². The Kier molecular flexibility index (Phi) is 5.96. The normalized spacial score (nSPS) is 17.1. The highest BCUT2D eigenvalue weighted by Crippen LogP contribution is 2.35. The fraction of sp³-hybridized carbons (Fsp3) is 0.846. The van der Waals surface area contributed by atoms with E-state index in [2.05, 4.69) is 24.0 Å². The zero-order valence-electron chi connectivity index (χ0n) is 11.0. The van der Waals surface area contributed by atoms with Crippen LogP contribution in [0, 0.1) is 0 Å². The van der Waals surface area contributed by atoms with Gasteiger partial charge in [0.2, 0.25) is 0 Å².